The summed E-state index contributed by atoms with van der Waals surface area (Å²) in [6, 6.07) is 10.9. The molecule has 39 heavy (non-hydrogen) atoms. The van der Waals surface area contributed by atoms with Crippen LogP contribution in [-0.2, 0) is 13.9 Å². The van der Waals surface area contributed by atoms with Crippen LogP contribution in [0.4, 0.5) is 5.82 Å². The number of aromatic nitrogens is 2. The van der Waals surface area contributed by atoms with Gasteiger partial charge < -0.3 is 19.6 Å². The highest BCUT2D eigenvalue weighted by Crippen LogP contribution is 2.49. The lowest BCUT2D eigenvalue weighted by Gasteiger charge is -2.45. The lowest BCUT2D eigenvalue weighted by atomic mass is 9.94. The Morgan fingerprint density at radius 3 is 2.28 bits per heavy atom. The standard InChI is InChI=1S/C28H43N3O5S2Si/c1-26(2,3)39(8,9)34-18-21-20(17-23(35-21)31-16-15-22(29)30-25(31)33)36-27(4,5)28(37-6,38-7)24(32)19-13-11-10-12-14-19/h10-16,20-21,23H,17-18H2,1-9H3,(H2,29,30,33)/t20-,21+,23+/m0/s1. The number of hydrogen-bond donors (Lipinski definition) is 1. The lowest BCUT2D eigenvalue weighted by molar-refractivity contribution is -0.111. The van der Waals surface area contributed by atoms with E-state index in [0.717, 1.165) is 0 Å². The number of nitrogen functional groups attached to an aromatic ring is 1. The second kappa shape index (κ2) is 12.1. The maximum absolute atomic E-state index is 13.9. The average molecular weight is 594 g/mol. The molecule has 216 valence electrons. The van der Waals surface area contributed by atoms with E-state index in [1.165, 1.54) is 28.1 Å². The third-order valence-electron chi connectivity index (χ3n) is 7.91. The van der Waals surface area contributed by atoms with Crippen LogP contribution in [0, 0.1) is 0 Å². The van der Waals surface area contributed by atoms with Crippen molar-refractivity contribution in [2.75, 3.05) is 24.9 Å². The summed E-state index contributed by atoms with van der Waals surface area (Å²) < 4.78 is 20.3. The third-order valence-corrected chi connectivity index (χ3v) is 15.9. The first-order chi connectivity index (χ1) is 18.1. The number of nitrogens with two attached hydrogens (primary N) is 1. The Labute approximate surface area is 241 Å². The van der Waals surface area contributed by atoms with Crippen LogP contribution in [0.5, 0.6) is 0 Å². The van der Waals surface area contributed by atoms with Gasteiger partial charge in [-0.05, 0) is 50.6 Å². The van der Waals surface area contributed by atoms with E-state index < -0.39 is 42.1 Å². The molecule has 1 aliphatic rings. The van der Waals surface area contributed by atoms with Crippen molar-refractivity contribution < 1.29 is 18.7 Å². The van der Waals surface area contributed by atoms with Crippen molar-refractivity contribution in [1.29, 1.82) is 0 Å². The maximum atomic E-state index is 13.9. The van der Waals surface area contributed by atoms with Crippen LogP contribution in [0.2, 0.25) is 18.1 Å². The monoisotopic (exact) mass is 593 g/mol. The van der Waals surface area contributed by atoms with E-state index in [1.807, 2.05) is 56.7 Å². The Morgan fingerprint density at radius 1 is 1.13 bits per heavy atom. The van der Waals surface area contributed by atoms with Gasteiger partial charge in [-0.25, -0.2) is 4.79 Å². The number of anilines is 1. The zero-order valence-corrected chi connectivity index (χ0v) is 27.2. The molecule has 0 unspecified atom stereocenters. The maximum Gasteiger partial charge on any atom is 0.351 e. The molecular weight excluding hydrogens is 551 g/mol. The molecule has 1 aromatic carbocycles. The van der Waals surface area contributed by atoms with Crippen molar-refractivity contribution in [2.45, 2.75) is 87.3 Å². The second-order valence-corrected chi connectivity index (χ2v) is 19.0. The fourth-order valence-electron chi connectivity index (χ4n) is 4.57. The molecule has 2 aromatic rings. The van der Waals surface area contributed by atoms with Crippen LogP contribution in [0.15, 0.2) is 47.4 Å². The fourth-order valence-corrected chi connectivity index (χ4v) is 7.93. The van der Waals surface area contributed by atoms with Crippen molar-refractivity contribution in [3.8, 4) is 0 Å². The van der Waals surface area contributed by atoms with Crippen molar-refractivity contribution in [2.24, 2.45) is 0 Å². The van der Waals surface area contributed by atoms with Gasteiger partial charge in [-0.3, -0.25) is 9.36 Å². The van der Waals surface area contributed by atoms with Crippen LogP contribution in [0.25, 0.3) is 0 Å². The summed E-state index contributed by atoms with van der Waals surface area (Å²) in [5.74, 6) is 0.154. The first-order valence-electron chi connectivity index (χ1n) is 13.1. The van der Waals surface area contributed by atoms with Gasteiger partial charge in [0.15, 0.2) is 18.2 Å². The Hall–Kier alpha value is -1.63. The number of nitrogens with zero attached hydrogens (tertiary/aromatic N) is 2. The molecule has 3 atom stereocenters. The molecule has 0 amide bonds. The summed E-state index contributed by atoms with van der Waals surface area (Å²) in [5.41, 5.74) is 4.97. The Kier molecular flexibility index (Phi) is 9.88. The molecule has 0 aliphatic carbocycles. The number of hydrogen-bond acceptors (Lipinski definition) is 9. The van der Waals surface area contributed by atoms with Crippen molar-refractivity contribution >= 4 is 43.4 Å². The molecular formula is C28H43N3O5S2Si. The van der Waals surface area contributed by atoms with Gasteiger partial charge in [-0.1, -0.05) is 51.1 Å². The molecule has 8 nitrogen and oxygen atoms in total. The second-order valence-electron chi connectivity index (χ2n) is 11.9. The quantitative estimate of drug-likeness (QED) is 0.202. The number of Topliss-reactive ketones (excluding diaryl/α,β-unsaturated/α-hetero) is 1. The summed E-state index contributed by atoms with van der Waals surface area (Å²) in [6.07, 6.45) is 4.41. The van der Waals surface area contributed by atoms with Gasteiger partial charge in [-0.2, -0.15) is 4.98 Å². The SMILES string of the molecule is CSC(SC)(C(=O)c1ccccc1)C(C)(C)O[C@H]1C[C@H](n2ccc(N)nc2=O)O[C@@H]1CO[Si](C)(C)C(C)(C)C. The van der Waals surface area contributed by atoms with Crippen LogP contribution >= 0.6 is 23.5 Å². The number of carbonyl (C=O) groups is 1. The van der Waals surface area contributed by atoms with E-state index in [9.17, 15) is 9.59 Å². The fraction of sp³-hybridized carbons (Fsp3) is 0.607. The van der Waals surface area contributed by atoms with Gasteiger partial charge in [0.05, 0.1) is 18.3 Å². The highest BCUT2D eigenvalue weighted by Gasteiger charge is 2.54. The van der Waals surface area contributed by atoms with Crippen LogP contribution in [-0.4, -0.2) is 64.7 Å². The van der Waals surface area contributed by atoms with Gasteiger partial charge in [0, 0.05) is 18.2 Å². The minimum Gasteiger partial charge on any atom is -0.414 e. The average Bonchev–Trinajstić information content (AvgIpc) is 3.24. The van der Waals surface area contributed by atoms with Crippen LogP contribution < -0.4 is 11.4 Å². The van der Waals surface area contributed by atoms with Crippen LogP contribution in [0.3, 0.4) is 0 Å². The Morgan fingerprint density at radius 2 is 1.74 bits per heavy atom. The normalized spacial score (nSPS) is 20.8. The molecule has 0 spiro atoms. The van der Waals surface area contributed by atoms with E-state index in [4.69, 9.17) is 19.6 Å². The summed E-state index contributed by atoms with van der Waals surface area (Å²) >= 11 is 2.96. The van der Waals surface area contributed by atoms with Crippen molar-refractivity contribution in [3.05, 3.63) is 58.6 Å². The number of benzene rings is 1. The molecule has 1 fully saturated rings. The van der Waals surface area contributed by atoms with Gasteiger partial charge >= 0.3 is 5.69 Å². The predicted molar refractivity (Wildman–Crippen MR) is 164 cm³/mol. The molecule has 2 N–H and O–H groups in total. The van der Waals surface area contributed by atoms with Crippen LogP contribution in [0.1, 0.15) is 57.6 Å². The van der Waals surface area contributed by atoms with E-state index in [1.54, 1.807) is 12.3 Å². The minimum absolute atomic E-state index is 0.00315. The molecule has 1 aliphatic heterocycles. The molecule has 3 rings (SSSR count). The number of ketones is 1. The lowest BCUT2D eigenvalue weighted by Crippen LogP contribution is -2.55. The topological polar surface area (TPSA) is 106 Å². The number of ether oxygens (including phenoxy) is 2. The minimum atomic E-state index is -2.09. The van der Waals surface area contributed by atoms with Gasteiger partial charge in [-0.15, -0.1) is 23.5 Å². The molecule has 1 saturated heterocycles. The number of thioether (sulfide) groups is 2. The largest absolute Gasteiger partial charge is 0.414 e. The first kappa shape index (κ1) is 31.9. The van der Waals surface area contributed by atoms with E-state index in [-0.39, 0.29) is 16.6 Å². The summed E-state index contributed by atoms with van der Waals surface area (Å²) in [7, 11) is -2.09. The van der Waals surface area contributed by atoms with Gasteiger partial charge in [0.25, 0.3) is 0 Å². The third kappa shape index (κ3) is 6.65. The Bertz CT molecular complexity index is 1200. The molecule has 11 heteroatoms. The molecule has 2 heterocycles. The number of rotatable bonds is 11. The summed E-state index contributed by atoms with van der Waals surface area (Å²) in [5, 5.41) is 0.0212. The highest BCUT2D eigenvalue weighted by molar-refractivity contribution is 8.19. The molecule has 0 bridgehead atoms. The van der Waals surface area contributed by atoms with Crippen molar-refractivity contribution in [1.82, 2.24) is 9.55 Å². The summed E-state index contributed by atoms with van der Waals surface area (Å²) in [6.45, 7) is 15.2. The molecule has 1 aromatic heterocycles. The van der Waals surface area contributed by atoms with E-state index in [0.29, 0.717) is 18.6 Å². The van der Waals surface area contributed by atoms with Gasteiger partial charge in [0.2, 0.25) is 0 Å². The molecule has 0 radical (unpaired) electrons. The zero-order chi connectivity index (χ0) is 29.2. The molecule has 0 saturated carbocycles. The van der Waals surface area contributed by atoms with E-state index >= 15 is 0 Å². The summed E-state index contributed by atoms with van der Waals surface area (Å²) in [4.78, 5) is 30.4. The number of carbonyl (C=O) groups excluding carboxylic acids is 1. The zero-order valence-electron chi connectivity index (χ0n) is 24.5. The Balaban J connectivity index is 1.95. The smallest absolute Gasteiger partial charge is 0.351 e. The van der Waals surface area contributed by atoms with Crippen molar-refractivity contribution in [3.63, 3.8) is 0 Å². The first-order valence-corrected chi connectivity index (χ1v) is 18.5. The van der Waals surface area contributed by atoms with E-state index in [2.05, 4.69) is 38.8 Å². The predicted octanol–water partition coefficient (Wildman–Crippen LogP) is 5.60. The van der Waals surface area contributed by atoms with Gasteiger partial charge in [0.1, 0.15) is 18.1 Å². The highest BCUT2D eigenvalue weighted by atomic mass is 32.2.